The summed E-state index contributed by atoms with van der Waals surface area (Å²) >= 11 is 0. The highest BCUT2D eigenvalue weighted by molar-refractivity contribution is 7.89. The maximum absolute atomic E-state index is 12.1. The molecule has 0 atom stereocenters. The number of nitrogens with one attached hydrogen (secondary N) is 1. The van der Waals surface area contributed by atoms with Gasteiger partial charge in [0.1, 0.15) is 0 Å². The smallest absolute Gasteiger partial charge is 0.330 e. The third-order valence-corrected chi connectivity index (χ3v) is 4.52. The van der Waals surface area contributed by atoms with Crippen molar-refractivity contribution in [3.05, 3.63) is 27.0 Å². The first kappa shape index (κ1) is 17.6. The summed E-state index contributed by atoms with van der Waals surface area (Å²) in [6.07, 6.45) is 3.94. The van der Waals surface area contributed by atoms with Crippen molar-refractivity contribution in [1.82, 2.24) is 13.9 Å². The van der Waals surface area contributed by atoms with Crippen LogP contribution in [0.2, 0.25) is 0 Å². The van der Waals surface area contributed by atoms with Crippen molar-refractivity contribution in [3.63, 3.8) is 0 Å². The van der Waals surface area contributed by atoms with Gasteiger partial charge < -0.3 is 9.67 Å². The van der Waals surface area contributed by atoms with Crippen LogP contribution < -0.4 is 16.0 Å². The van der Waals surface area contributed by atoms with Crippen molar-refractivity contribution in [1.29, 1.82) is 0 Å². The Labute approximate surface area is 123 Å². The minimum atomic E-state index is -3.94. The molecule has 0 aliphatic rings. The molecule has 1 aromatic heterocycles. The highest BCUT2D eigenvalue weighted by atomic mass is 32.2. The van der Waals surface area contributed by atoms with Crippen LogP contribution in [-0.2, 0) is 24.1 Å². The number of sulfonamides is 1. The summed E-state index contributed by atoms with van der Waals surface area (Å²) in [5.41, 5.74) is -1.42. The van der Waals surface area contributed by atoms with Gasteiger partial charge in [0, 0.05) is 33.4 Å². The molecule has 8 nitrogen and oxygen atoms in total. The normalized spacial score (nSPS) is 11.8. The molecule has 0 amide bonds. The largest absolute Gasteiger partial charge is 0.396 e. The van der Waals surface area contributed by atoms with Crippen molar-refractivity contribution in [2.75, 3.05) is 13.2 Å². The van der Waals surface area contributed by atoms with Crippen molar-refractivity contribution < 1.29 is 13.5 Å². The lowest BCUT2D eigenvalue weighted by molar-refractivity contribution is 0.282. The second kappa shape index (κ2) is 7.53. The van der Waals surface area contributed by atoms with Crippen LogP contribution >= 0.6 is 0 Å². The Morgan fingerprint density at radius 3 is 2.38 bits per heavy atom. The lowest BCUT2D eigenvalue weighted by Gasteiger charge is -2.09. The molecule has 120 valence electrons. The standard InChI is InChI=1S/C12H21N3O5S/c1-14-9-10(11(17)15(2)12(14)18)21(19,20)13-7-5-3-4-6-8-16/h9,13,16H,3-8H2,1-2H3. The summed E-state index contributed by atoms with van der Waals surface area (Å²) < 4.78 is 28.3. The Morgan fingerprint density at radius 1 is 1.14 bits per heavy atom. The van der Waals surface area contributed by atoms with Gasteiger partial charge in [0.15, 0.2) is 4.90 Å². The number of aliphatic hydroxyl groups excluding tert-OH is 1. The Hall–Kier alpha value is -1.45. The number of hydrogen-bond acceptors (Lipinski definition) is 5. The zero-order valence-corrected chi connectivity index (χ0v) is 13.0. The van der Waals surface area contributed by atoms with E-state index < -0.39 is 26.2 Å². The molecule has 1 heterocycles. The zero-order chi connectivity index (χ0) is 16.0. The fraction of sp³-hybridized carbons (Fsp3) is 0.667. The maximum atomic E-state index is 12.1. The highest BCUT2D eigenvalue weighted by Crippen LogP contribution is 2.02. The number of rotatable bonds is 8. The van der Waals surface area contributed by atoms with Crippen molar-refractivity contribution in [3.8, 4) is 0 Å². The molecule has 0 unspecified atom stereocenters. The average Bonchev–Trinajstić information content (AvgIpc) is 2.44. The van der Waals surface area contributed by atoms with Gasteiger partial charge in [0.25, 0.3) is 5.56 Å². The molecule has 0 bridgehead atoms. The van der Waals surface area contributed by atoms with Gasteiger partial charge >= 0.3 is 5.69 Å². The van der Waals surface area contributed by atoms with Gasteiger partial charge in [-0.3, -0.25) is 9.36 Å². The first-order valence-electron chi connectivity index (χ1n) is 6.68. The lowest BCUT2D eigenvalue weighted by Crippen LogP contribution is -2.41. The van der Waals surface area contributed by atoms with Gasteiger partial charge in [-0.2, -0.15) is 0 Å². The molecule has 0 aromatic carbocycles. The third kappa shape index (κ3) is 4.51. The molecule has 0 aliphatic carbocycles. The molecule has 1 aromatic rings. The van der Waals surface area contributed by atoms with Gasteiger partial charge in [-0.15, -0.1) is 0 Å². The van der Waals surface area contributed by atoms with E-state index in [1.165, 1.54) is 14.1 Å². The van der Waals surface area contributed by atoms with Gasteiger partial charge in [0.05, 0.1) is 0 Å². The fourth-order valence-corrected chi connectivity index (χ4v) is 3.07. The predicted octanol–water partition coefficient (Wildman–Crippen LogP) is -1.08. The molecule has 1 rings (SSSR count). The Bertz CT molecular complexity index is 690. The lowest BCUT2D eigenvalue weighted by atomic mass is 10.2. The summed E-state index contributed by atoms with van der Waals surface area (Å²) in [7, 11) is -1.32. The van der Waals surface area contributed by atoms with E-state index in [-0.39, 0.29) is 13.2 Å². The molecular weight excluding hydrogens is 298 g/mol. The summed E-state index contributed by atoms with van der Waals surface area (Å²) in [4.78, 5) is 22.9. The van der Waals surface area contributed by atoms with E-state index in [0.29, 0.717) is 12.8 Å². The predicted molar refractivity (Wildman–Crippen MR) is 77.7 cm³/mol. The molecule has 9 heteroatoms. The van der Waals surface area contributed by atoms with E-state index in [1.54, 1.807) is 0 Å². The number of hydrogen-bond donors (Lipinski definition) is 2. The number of aromatic nitrogens is 2. The Balaban J connectivity index is 2.80. The second-order valence-corrected chi connectivity index (χ2v) is 6.52. The molecule has 2 N–H and O–H groups in total. The molecule has 0 saturated carbocycles. The number of nitrogens with zero attached hydrogens (tertiary/aromatic N) is 2. The van der Waals surface area contributed by atoms with Crippen LogP contribution in [0.3, 0.4) is 0 Å². The first-order chi connectivity index (χ1) is 9.81. The minimum absolute atomic E-state index is 0.125. The number of aliphatic hydroxyl groups is 1. The zero-order valence-electron chi connectivity index (χ0n) is 12.2. The SMILES string of the molecule is Cn1cc(S(=O)(=O)NCCCCCCO)c(=O)n(C)c1=O. The van der Waals surface area contributed by atoms with Crippen LogP contribution in [0.5, 0.6) is 0 Å². The number of aryl methyl sites for hydroxylation is 1. The summed E-state index contributed by atoms with van der Waals surface area (Å²) in [6, 6.07) is 0. The molecule has 21 heavy (non-hydrogen) atoms. The van der Waals surface area contributed by atoms with Crippen molar-refractivity contribution in [2.24, 2.45) is 14.1 Å². The summed E-state index contributed by atoms with van der Waals surface area (Å²) in [6.45, 7) is 0.333. The third-order valence-electron chi connectivity index (χ3n) is 3.08. The minimum Gasteiger partial charge on any atom is -0.396 e. The average molecular weight is 319 g/mol. The van der Waals surface area contributed by atoms with Crippen LogP contribution in [0, 0.1) is 0 Å². The van der Waals surface area contributed by atoms with Gasteiger partial charge in [-0.1, -0.05) is 12.8 Å². The molecule has 0 aliphatic heterocycles. The summed E-state index contributed by atoms with van der Waals surface area (Å²) in [5, 5.41) is 8.63. The van der Waals surface area contributed by atoms with Crippen molar-refractivity contribution >= 4 is 10.0 Å². The van der Waals surface area contributed by atoms with Crippen LogP contribution in [0.25, 0.3) is 0 Å². The topological polar surface area (TPSA) is 110 Å². The van der Waals surface area contributed by atoms with E-state index in [4.69, 9.17) is 5.11 Å². The molecule has 0 radical (unpaired) electrons. The van der Waals surface area contributed by atoms with Gasteiger partial charge in [0.2, 0.25) is 10.0 Å². The van der Waals surface area contributed by atoms with Crippen LogP contribution in [-0.4, -0.2) is 35.8 Å². The van der Waals surface area contributed by atoms with Gasteiger partial charge in [-0.25, -0.2) is 17.9 Å². The first-order valence-corrected chi connectivity index (χ1v) is 8.16. The van der Waals surface area contributed by atoms with E-state index in [0.717, 1.165) is 28.2 Å². The maximum Gasteiger partial charge on any atom is 0.330 e. The quantitative estimate of drug-likeness (QED) is 0.592. The van der Waals surface area contributed by atoms with Crippen LogP contribution in [0.15, 0.2) is 20.7 Å². The Morgan fingerprint density at radius 2 is 1.76 bits per heavy atom. The summed E-state index contributed by atoms with van der Waals surface area (Å²) in [5.74, 6) is 0. The van der Waals surface area contributed by atoms with Crippen molar-refractivity contribution in [2.45, 2.75) is 30.6 Å². The van der Waals surface area contributed by atoms with E-state index in [9.17, 15) is 18.0 Å². The van der Waals surface area contributed by atoms with E-state index in [1.807, 2.05) is 0 Å². The fourth-order valence-electron chi connectivity index (χ4n) is 1.83. The molecular formula is C12H21N3O5S. The molecule has 0 fully saturated rings. The molecule has 0 saturated heterocycles. The van der Waals surface area contributed by atoms with Crippen LogP contribution in [0.4, 0.5) is 0 Å². The van der Waals surface area contributed by atoms with Gasteiger partial charge in [-0.05, 0) is 12.8 Å². The van der Waals surface area contributed by atoms with Crippen LogP contribution in [0.1, 0.15) is 25.7 Å². The second-order valence-electron chi connectivity index (χ2n) is 4.79. The van der Waals surface area contributed by atoms with E-state index in [2.05, 4.69) is 4.72 Å². The van der Waals surface area contributed by atoms with E-state index >= 15 is 0 Å². The molecule has 0 spiro atoms. The Kier molecular flexibility index (Phi) is 6.31. The number of unbranched alkanes of at least 4 members (excludes halogenated alkanes) is 3. The monoisotopic (exact) mass is 319 g/mol. The highest BCUT2D eigenvalue weighted by Gasteiger charge is 2.20.